The molecule has 0 aliphatic rings. The third-order valence-electron chi connectivity index (χ3n) is 5.06. The molecule has 0 saturated carbocycles. The van der Waals surface area contributed by atoms with E-state index in [-0.39, 0.29) is 11.0 Å². The average Bonchev–Trinajstić information content (AvgIpc) is 2.57. The van der Waals surface area contributed by atoms with Crippen LogP contribution in [0.15, 0.2) is 18.2 Å². The molecule has 1 aromatic rings. The van der Waals surface area contributed by atoms with Crippen LogP contribution in [0.2, 0.25) is 0 Å². The zero-order valence-electron chi connectivity index (χ0n) is 18.9. The Morgan fingerprint density at radius 2 is 1.41 bits per heavy atom. The van der Waals surface area contributed by atoms with Gasteiger partial charge < -0.3 is 18.0 Å². The van der Waals surface area contributed by atoms with Crippen LogP contribution >= 0.6 is 0 Å². The Hall–Kier alpha value is -0.883. The van der Waals surface area contributed by atoms with Gasteiger partial charge in [-0.1, -0.05) is 52.7 Å². The summed E-state index contributed by atoms with van der Waals surface area (Å²) in [5, 5.41) is 0.964. The molecule has 0 radical (unpaired) electrons. The highest BCUT2D eigenvalue weighted by atomic mass is 28.4. The van der Waals surface area contributed by atoms with Crippen molar-refractivity contribution in [2.45, 2.75) is 79.2 Å². The third kappa shape index (κ3) is 6.31. The Morgan fingerprint density at radius 1 is 0.852 bits per heavy atom. The molecule has 0 heterocycles. The van der Waals surface area contributed by atoms with E-state index in [0.29, 0.717) is 0 Å². The van der Waals surface area contributed by atoms with Crippen molar-refractivity contribution in [1.82, 2.24) is 0 Å². The number of ether oxygens (including phenoxy) is 1. The van der Waals surface area contributed by atoms with E-state index in [1.807, 2.05) is 6.07 Å². The maximum Gasteiger partial charge on any atom is 0.540 e. The number of rotatable bonds is 12. The second kappa shape index (κ2) is 10.1. The summed E-state index contributed by atoms with van der Waals surface area (Å²) in [4.78, 5) is 0. The molecule has 0 atom stereocenters. The molecule has 0 spiro atoms. The van der Waals surface area contributed by atoms with E-state index < -0.39 is 8.80 Å². The van der Waals surface area contributed by atoms with E-state index in [1.54, 1.807) is 21.3 Å². The highest BCUT2D eigenvalue weighted by molar-refractivity contribution is 6.76. The van der Waals surface area contributed by atoms with Crippen LogP contribution in [-0.2, 0) is 19.7 Å². The molecule has 0 amide bonds. The maximum atomic E-state index is 6.49. The average molecular weight is 397 g/mol. The molecule has 0 saturated heterocycles. The summed E-state index contributed by atoms with van der Waals surface area (Å²) in [5.41, 5.74) is 1.10. The molecule has 1 rings (SSSR count). The lowest BCUT2D eigenvalue weighted by Gasteiger charge is -2.34. The van der Waals surface area contributed by atoms with Gasteiger partial charge in [-0.05, 0) is 50.2 Å². The normalized spacial score (nSPS) is 13.1. The van der Waals surface area contributed by atoms with Crippen molar-refractivity contribution in [3.8, 4) is 5.75 Å². The van der Waals surface area contributed by atoms with Gasteiger partial charge >= 0.3 is 8.80 Å². The third-order valence-corrected chi connectivity index (χ3v) is 7.85. The van der Waals surface area contributed by atoms with Crippen molar-refractivity contribution in [2.24, 2.45) is 5.41 Å². The molecule has 1 aromatic carbocycles. The monoisotopic (exact) mass is 396 g/mol. The molecule has 0 aliphatic carbocycles. The first-order chi connectivity index (χ1) is 12.6. The fourth-order valence-electron chi connectivity index (χ4n) is 3.94. The number of benzene rings is 1. The summed E-state index contributed by atoms with van der Waals surface area (Å²) in [7, 11) is 1.93. The molecule has 4 nitrogen and oxygen atoms in total. The van der Waals surface area contributed by atoms with Gasteiger partial charge in [0.15, 0.2) is 0 Å². The smallest absolute Gasteiger partial charge is 0.488 e. The van der Waals surface area contributed by atoms with Gasteiger partial charge in [-0.3, -0.25) is 0 Å². The van der Waals surface area contributed by atoms with Crippen LogP contribution in [-0.4, -0.2) is 35.7 Å². The van der Waals surface area contributed by atoms with Crippen LogP contribution in [0.1, 0.15) is 72.8 Å². The molecular formula is C22H40O4Si. The first kappa shape index (κ1) is 24.2. The Kier molecular flexibility index (Phi) is 9.00. The maximum absolute atomic E-state index is 6.49. The first-order valence-corrected chi connectivity index (χ1v) is 11.8. The zero-order valence-corrected chi connectivity index (χ0v) is 19.9. The van der Waals surface area contributed by atoms with Crippen molar-refractivity contribution >= 4 is 14.0 Å². The Morgan fingerprint density at radius 3 is 1.89 bits per heavy atom. The lowest BCUT2D eigenvalue weighted by molar-refractivity contribution is 0.0962. The van der Waals surface area contributed by atoms with Gasteiger partial charge in [-0.15, -0.1) is 0 Å². The zero-order chi connectivity index (χ0) is 20.7. The van der Waals surface area contributed by atoms with Crippen molar-refractivity contribution in [1.29, 1.82) is 0 Å². The predicted octanol–water partition coefficient (Wildman–Crippen LogP) is 5.10. The fourth-order valence-corrected chi connectivity index (χ4v) is 6.06. The van der Waals surface area contributed by atoms with Gasteiger partial charge in [0.25, 0.3) is 0 Å². The molecule has 27 heavy (non-hydrogen) atoms. The SMILES string of the molecule is CCCC(C)(C)Cc1cccc(OC(C)(C)CCC)c1[Si](OC)(OC)OC. The summed E-state index contributed by atoms with van der Waals surface area (Å²) in [6.45, 7) is 13.3. The minimum Gasteiger partial charge on any atom is -0.488 e. The Bertz CT molecular complexity index is 533. The van der Waals surface area contributed by atoms with Crippen LogP contribution in [0.3, 0.4) is 0 Å². The van der Waals surface area contributed by atoms with E-state index in [4.69, 9.17) is 18.0 Å². The summed E-state index contributed by atoms with van der Waals surface area (Å²) in [5.74, 6) is 0.815. The topological polar surface area (TPSA) is 36.9 Å². The van der Waals surface area contributed by atoms with Crippen LogP contribution in [0.4, 0.5) is 0 Å². The molecule has 156 valence electrons. The second-order valence-electron chi connectivity index (χ2n) is 8.66. The molecular weight excluding hydrogens is 356 g/mol. The summed E-state index contributed by atoms with van der Waals surface area (Å²) < 4.78 is 24.1. The van der Waals surface area contributed by atoms with Crippen molar-refractivity contribution in [2.75, 3.05) is 21.3 Å². The van der Waals surface area contributed by atoms with E-state index in [9.17, 15) is 0 Å². The highest BCUT2D eigenvalue weighted by Gasteiger charge is 2.46. The summed E-state index contributed by atoms with van der Waals surface area (Å²) in [6.07, 6.45) is 5.27. The standard InChI is InChI=1S/C22H40O4Si/c1-10-15-21(3,4)17-18-13-12-14-19(26-22(5,6)16-11-2)20(18)27(23-7,24-8)25-9/h12-14H,10-11,15-17H2,1-9H3. The number of hydrogen-bond acceptors (Lipinski definition) is 4. The predicted molar refractivity (Wildman–Crippen MR) is 115 cm³/mol. The highest BCUT2D eigenvalue weighted by Crippen LogP contribution is 2.31. The van der Waals surface area contributed by atoms with Crippen LogP contribution in [0, 0.1) is 5.41 Å². The first-order valence-electron chi connectivity index (χ1n) is 10.1. The summed E-state index contributed by atoms with van der Waals surface area (Å²) >= 11 is 0. The molecule has 0 bridgehead atoms. The lowest BCUT2D eigenvalue weighted by Crippen LogP contribution is -2.57. The minimum atomic E-state index is -3.05. The molecule has 5 heteroatoms. The Labute approximate surface area is 167 Å². The quantitative estimate of drug-likeness (QED) is 0.461. The lowest BCUT2D eigenvalue weighted by atomic mass is 9.82. The summed E-state index contributed by atoms with van der Waals surface area (Å²) in [6, 6.07) is 6.24. The van der Waals surface area contributed by atoms with E-state index in [1.165, 1.54) is 5.56 Å². The van der Waals surface area contributed by atoms with E-state index in [2.05, 4.69) is 53.7 Å². The molecule has 0 fully saturated rings. The number of hydrogen-bond donors (Lipinski definition) is 0. The van der Waals surface area contributed by atoms with Gasteiger partial charge in [0.05, 0.1) is 5.19 Å². The van der Waals surface area contributed by atoms with Gasteiger partial charge in [0, 0.05) is 21.3 Å². The van der Waals surface area contributed by atoms with Crippen molar-refractivity contribution in [3.63, 3.8) is 0 Å². The fraction of sp³-hybridized carbons (Fsp3) is 0.727. The van der Waals surface area contributed by atoms with Crippen molar-refractivity contribution in [3.05, 3.63) is 23.8 Å². The molecule has 0 aliphatic heterocycles. The molecule has 0 N–H and O–H groups in total. The van der Waals surface area contributed by atoms with Gasteiger partial charge in [-0.25, -0.2) is 0 Å². The van der Waals surface area contributed by atoms with Gasteiger partial charge in [0.1, 0.15) is 11.4 Å². The van der Waals surface area contributed by atoms with E-state index in [0.717, 1.165) is 43.0 Å². The minimum absolute atomic E-state index is 0.177. The molecule has 0 unspecified atom stereocenters. The van der Waals surface area contributed by atoms with Gasteiger partial charge in [0.2, 0.25) is 0 Å². The van der Waals surface area contributed by atoms with Gasteiger partial charge in [-0.2, -0.15) is 0 Å². The van der Waals surface area contributed by atoms with Crippen LogP contribution in [0.5, 0.6) is 5.75 Å². The van der Waals surface area contributed by atoms with E-state index >= 15 is 0 Å². The van der Waals surface area contributed by atoms with Crippen LogP contribution in [0.25, 0.3) is 0 Å². The Balaban J connectivity index is 3.53. The largest absolute Gasteiger partial charge is 0.540 e. The van der Waals surface area contributed by atoms with Crippen molar-refractivity contribution < 1.29 is 18.0 Å². The second-order valence-corrected chi connectivity index (χ2v) is 11.5. The molecule has 0 aromatic heterocycles. The van der Waals surface area contributed by atoms with Crippen LogP contribution < -0.4 is 9.92 Å².